The summed E-state index contributed by atoms with van der Waals surface area (Å²) in [6, 6.07) is 8.96. The number of ether oxygens (including phenoxy) is 1. The molecule has 0 aliphatic heterocycles. The van der Waals surface area contributed by atoms with Gasteiger partial charge in [0.05, 0.1) is 25.1 Å². The Balaban J connectivity index is 2.36. The van der Waals surface area contributed by atoms with E-state index in [2.05, 4.69) is 25.2 Å². The van der Waals surface area contributed by atoms with Crippen LogP contribution in [0.3, 0.4) is 0 Å². The molecule has 7 heteroatoms. The largest absolute Gasteiger partial charge is 0.496 e. The smallest absolute Gasteiger partial charge is 0.252 e. The van der Waals surface area contributed by atoms with Gasteiger partial charge in [-0.1, -0.05) is 19.9 Å². The number of nitrogens with zero attached hydrogens (tertiary/aromatic N) is 1. The molecule has 0 bridgehead atoms. The predicted octanol–water partition coefficient (Wildman–Crippen LogP) is 4.32. The molecule has 0 fully saturated rings. The topological polar surface area (TPSA) is 75.7 Å². The standard InChI is InChI=1S/C23H32N2O4S/c1-14(2)19-13-20(15(3)12-22(19)29-7)17(5)24-23(26)18-10-9-11-21(16(18)4)25(6)30(8,27)28/h9-14,17H,1-8H3,(H,24,26)/t17-/m1/s1. The number of sulfonamides is 1. The molecule has 0 saturated carbocycles. The second-order valence-electron chi connectivity index (χ2n) is 7.98. The van der Waals surface area contributed by atoms with Crippen LogP contribution >= 0.6 is 0 Å². The minimum atomic E-state index is -3.42. The highest BCUT2D eigenvalue weighted by Crippen LogP contribution is 2.32. The van der Waals surface area contributed by atoms with Crippen molar-refractivity contribution < 1.29 is 17.9 Å². The van der Waals surface area contributed by atoms with E-state index in [9.17, 15) is 13.2 Å². The van der Waals surface area contributed by atoms with Crippen molar-refractivity contribution in [1.29, 1.82) is 0 Å². The Kier molecular flexibility index (Phi) is 7.18. The maximum Gasteiger partial charge on any atom is 0.252 e. The summed E-state index contributed by atoms with van der Waals surface area (Å²) in [6.45, 7) is 9.91. The maximum absolute atomic E-state index is 13.0. The van der Waals surface area contributed by atoms with E-state index in [0.717, 1.165) is 28.7 Å². The summed E-state index contributed by atoms with van der Waals surface area (Å²) < 4.78 is 30.5. The Labute approximate surface area is 180 Å². The van der Waals surface area contributed by atoms with Gasteiger partial charge in [-0.3, -0.25) is 9.10 Å². The third kappa shape index (κ3) is 4.95. The van der Waals surface area contributed by atoms with Crippen molar-refractivity contribution in [2.45, 2.75) is 46.6 Å². The average molecular weight is 433 g/mol. The number of carbonyl (C=O) groups is 1. The highest BCUT2D eigenvalue weighted by molar-refractivity contribution is 7.92. The quantitative estimate of drug-likeness (QED) is 0.707. The molecule has 0 unspecified atom stereocenters. The van der Waals surface area contributed by atoms with Gasteiger partial charge in [-0.05, 0) is 73.2 Å². The summed E-state index contributed by atoms with van der Waals surface area (Å²) in [6.07, 6.45) is 1.14. The lowest BCUT2D eigenvalue weighted by Gasteiger charge is -2.23. The lowest BCUT2D eigenvalue weighted by atomic mass is 9.93. The number of nitrogens with one attached hydrogen (secondary N) is 1. The molecule has 164 valence electrons. The summed E-state index contributed by atoms with van der Waals surface area (Å²) >= 11 is 0. The number of methoxy groups -OCH3 is 1. The molecule has 30 heavy (non-hydrogen) atoms. The molecule has 0 aliphatic carbocycles. The second-order valence-corrected chi connectivity index (χ2v) is 9.99. The molecule has 0 radical (unpaired) electrons. The van der Waals surface area contributed by atoms with Gasteiger partial charge in [-0.15, -0.1) is 0 Å². The molecular weight excluding hydrogens is 400 g/mol. The molecule has 2 aromatic carbocycles. The minimum absolute atomic E-state index is 0.225. The number of carbonyl (C=O) groups excluding carboxylic acids is 1. The van der Waals surface area contributed by atoms with Crippen LogP contribution in [0.4, 0.5) is 5.69 Å². The zero-order chi connectivity index (χ0) is 22.8. The van der Waals surface area contributed by atoms with Gasteiger partial charge in [-0.25, -0.2) is 8.42 Å². The monoisotopic (exact) mass is 432 g/mol. The summed E-state index contributed by atoms with van der Waals surface area (Å²) in [4.78, 5) is 13.0. The normalized spacial score (nSPS) is 12.6. The number of hydrogen-bond donors (Lipinski definition) is 1. The van der Waals surface area contributed by atoms with Crippen LogP contribution in [-0.4, -0.2) is 34.7 Å². The molecule has 0 spiro atoms. The van der Waals surface area contributed by atoms with E-state index in [0.29, 0.717) is 16.8 Å². The van der Waals surface area contributed by atoms with Crippen LogP contribution in [0.25, 0.3) is 0 Å². The molecule has 0 heterocycles. The molecule has 0 aromatic heterocycles. The number of benzene rings is 2. The van der Waals surface area contributed by atoms with Crippen molar-refractivity contribution in [3.63, 3.8) is 0 Å². The van der Waals surface area contributed by atoms with Crippen LogP contribution in [0, 0.1) is 13.8 Å². The first kappa shape index (κ1) is 23.7. The molecule has 0 aliphatic rings. The molecule has 1 atom stereocenters. The van der Waals surface area contributed by atoms with E-state index in [-0.39, 0.29) is 17.9 Å². The molecule has 2 rings (SSSR count). The number of hydrogen-bond acceptors (Lipinski definition) is 4. The fourth-order valence-corrected chi connectivity index (χ4v) is 4.11. The van der Waals surface area contributed by atoms with Gasteiger partial charge in [-0.2, -0.15) is 0 Å². The van der Waals surface area contributed by atoms with Crippen LogP contribution < -0.4 is 14.4 Å². The molecule has 1 amide bonds. The van der Waals surface area contributed by atoms with E-state index in [1.165, 1.54) is 11.4 Å². The van der Waals surface area contributed by atoms with E-state index in [1.54, 1.807) is 32.2 Å². The Morgan fingerprint density at radius 1 is 1.10 bits per heavy atom. The zero-order valence-electron chi connectivity index (χ0n) is 19.0. The highest BCUT2D eigenvalue weighted by atomic mass is 32.2. The van der Waals surface area contributed by atoms with Crippen LogP contribution in [0.15, 0.2) is 30.3 Å². The lowest BCUT2D eigenvalue weighted by molar-refractivity contribution is 0.0939. The maximum atomic E-state index is 13.0. The van der Waals surface area contributed by atoms with E-state index >= 15 is 0 Å². The van der Waals surface area contributed by atoms with Crippen LogP contribution in [0.1, 0.15) is 65.3 Å². The zero-order valence-corrected chi connectivity index (χ0v) is 19.8. The minimum Gasteiger partial charge on any atom is -0.496 e. The van der Waals surface area contributed by atoms with Crippen molar-refractivity contribution >= 4 is 21.6 Å². The van der Waals surface area contributed by atoms with Gasteiger partial charge in [0.2, 0.25) is 10.0 Å². The van der Waals surface area contributed by atoms with Gasteiger partial charge in [0.1, 0.15) is 5.75 Å². The first-order valence-electron chi connectivity index (χ1n) is 9.91. The van der Waals surface area contributed by atoms with Gasteiger partial charge in [0, 0.05) is 12.6 Å². The van der Waals surface area contributed by atoms with Crippen molar-refractivity contribution in [2.75, 3.05) is 24.7 Å². The predicted molar refractivity (Wildman–Crippen MR) is 122 cm³/mol. The summed E-state index contributed by atoms with van der Waals surface area (Å²) in [5.41, 5.74) is 4.70. The van der Waals surface area contributed by atoms with Crippen LogP contribution in [0.2, 0.25) is 0 Å². The van der Waals surface area contributed by atoms with Crippen molar-refractivity contribution in [1.82, 2.24) is 5.32 Å². The third-order valence-corrected chi connectivity index (χ3v) is 6.63. The second kappa shape index (κ2) is 9.08. The van der Waals surface area contributed by atoms with Gasteiger partial charge >= 0.3 is 0 Å². The summed E-state index contributed by atoms with van der Waals surface area (Å²) in [7, 11) is -0.279. The Bertz CT molecular complexity index is 1050. The fourth-order valence-electron chi connectivity index (χ4n) is 3.55. The van der Waals surface area contributed by atoms with Crippen molar-refractivity contribution in [3.05, 3.63) is 58.1 Å². The summed E-state index contributed by atoms with van der Waals surface area (Å²) in [5.74, 6) is 0.884. The number of amides is 1. The van der Waals surface area contributed by atoms with Crippen LogP contribution in [-0.2, 0) is 10.0 Å². The van der Waals surface area contributed by atoms with Gasteiger partial charge < -0.3 is 10.1 Å². The third-order valence-electron chi connectivity index (χ3n) is 5.44. The molecule has 0 saturated heterocycles. The van der Waals surface area contributed by atoms with E-state index in [4.69, 9.17) is 4.74 Å². The first-order valence-corrected chi connectivity index (χ1v) is 11.8. The average Bonchev–Trinajstić information content (AvgIpc) is 2.66. The van der Waals surface area contributed by atoms with Gasteiger partial charge in [0.15, 0.2) is 0 Å². The number of rotatable bonds is 7. The fraction of sp³-hybridized carbons (Fsp3) is 0.435. The molecule has 2 aromatic rings. The van der Waals surface area contributed by atoms with Crippen molar-refractivity contribution in [3.8, 4) is 5.75 Å². The van der Waals surface area contributed by atoms with Crippen molar-refractivity contribution in [2.24, 2.45) is 0 Å². The Morgan fingerprint density at radius 2 is 1.73 bits per heavy atom. The lowest BCUT2D eigenvalue weighted by Crippen LogP contribution is -2.29. The highest BCUT2D eigenvalue weighted by Gasteiger charge is 2.21. The Hall–Kier alpha value is -2.54. The number of anilines is 1. The van der Waals surface area contributed by atoms with E-state index in [1.807, 2.05) is 19.9 Å². The van der Waals surface area contributed by atoms with Crippen LogP contribution in [0.5, 0.6) is 5.75 Å². The summed E-state index contributed by atoms with van der Waals surface area (Å²) in [5, 5.41) is 3.05. The van der Waals surface area contributed by atoms with E-state index < -0.39 is 10.0 Å². The molecule has 6 nitrogen and oxygen atoms in total. The molecular formula is C23H32N2O4S. The number of aryl methyl sites for hydroxylation is 1. The van der Waals surface area contributed by atoms with Gasteiger partial charge in [0.25, 0.3) is 5.91 Å². The first-order chi connectivity index (χ1) is 13.9. The Morgan fingerprint density at radius 3 is 2.27 bits per heavy atom. The SMILES string of the molecule is COc1cc(C)c([C@@H](C)NC(=O)c2cccc(N(C)S(C)(=O)=O)c2C)cc1C(C)C. The molecule has 1 N–H and O–H groups in total.